The number of carbonyl (C=O) groups is 1. The van der Waals surface area contributed by atoms with Crippen LogP contribution in [0.1, 0.15) is 19.8 Å². The third-order valence-electron chi connectivity index (χ3n) is 2.57. The normalized spacial score (nSPS) is 23.9. The van der Waals surface area contributed by atoms with E-state index in [1.165, 1.54) is 6.92 Å². The monoisotopic (exact) mass is 236 g/mol. The summed E-state index contributed by atoms with van der Waals surface area (Å²) < 4.78 is 28.5. The number of rotatable bonds is 5. The van der Waals surface area contributed by atoms with E-state index in [9.17, 15) is 13.2 Å². The summed E-state index contributed by atoms with van der Waals surface area (Å²) in [7, 11) is -3.30. The molecule has 1 saturated heterocycles. The molecule has 2 unspecified atom stereocenters. The average Bonchev–Trinajstić information content (AvgIpc) is 2.54. The zero-order valence-electron chi connectivity index (χ0n) is 8.68. The first-order chi connectivity index (χ1) is 6.92. The number of carboxylic acids is 1. The summed E-state index contributed by atoms with van der Waals surface area (Å²) in [6.07, 6.45) is 0.426. The first kappa shape index (κ1) is 12.4. The molecule has 0 radical (unpaired) electrons. The largest absolute Gasteiger partial charge is 0.481 e. The first-order valence-corrected chi connectivity index (χ1v) is 6.64. The van der Waals surface area contributed by atoms with Crippen LogP contribution in [0.2, 0.25) is 0 Å². The summed E-state index contributed by atoms with van der Waals surface area (Å²) in [6, 6.07) is 0. The highest BCUT2D eigenvalue weighted by Gasteiger charge is 2.28. The van der Waals surface area contributed by atoms with Crippen LogP contribution in [0.15, 0.2) is 0 Å². The van der Waals surface area contributed by atoms with Crippen LogP contribution in [-0.4, -0.2) is 43.7 Å². The van der Waals surface area contributed by atoms with Crippen molar-refractivity contribution in [3.8, 4) is 0 Å². The number of hydrogen-bond acceptors (Lipinski definition) is 4. The SMILES string of the molecule is CC(CC(=O)O)S(=O)(=O)CC1CCOC1. The maximum Gasteiger partial charge on any atom is 0.304 e. The molecule has 6 heteroatoms. The van der Waals surface area contributed by atoms with Gasteiger partial charge < -0.3 is 9.84 Å². The van der Waals surface area contributed by atoms with Gasteiger partial charge in [-0.1, -0.05) is 0 Å². The summed E-state index contributed by atoms with van der Waals surface area (Å²) in [4.78, 5) is 10.4. The van der Waals surface area contributed by atoms with Gasteiger partial charge in [0.05, 0.1) is 24.0 Å². The van der Waals surface area contributed by atoms with Crippen molar-refractivity contribution in [3.05, 3.63) is 0 Å². The highest BCUT2D eigenvalue weighted by atomic mass is 32.2. The minimum absolute atomic E-state index is 0.0336. The second kappa shape index (κ2) is 4.94. The van der Waals surface area contributed by atoms with E-state index in [0.29, 0.717) is 13.2 Å². The Morgan fingerprint density at radius 3 is 2.73 bits per heavy atom. The van der Waals surface area contributed by atoms with E-state index in [0.717, 1.165) is 6.42 Å². The highest BCUT2D eigenvalue weighted by molar-refractivity contribution is 7.92. The minimum atomic E-state index is -3.30. The molecule has 0 amide bonds. The number of sulfone groups is 1. The molecule has 2 atom stereocenters. The topological polar surface area (TPSA) is 80.7 Å². The molecule has 0 spiro atoms. The van der Waals surface area contributed by atoms with Crippen LogP contribution in [0, 0.1) is 5.92 Å². The van der Waals surface area contributed by atoms with Crippen molar-refractivity contribution in [2.75, 3.05) is 19.0 Å². The second-order valence-corrected chi connectivity index (χ2v) is 6.43. The molecule has 1 aliphatic heterocycles. The predicted molar refractivity (Wildman–Crippen MR) is 54.4 cm³/mol. The number of aliphatic carboxylic acids is 1. The highest BCUT2D eigenvalue weighted by Crippen LogP contribution is 2.18. The van der Waals surface area contributed by atoms with Crippen molar-refractivity contribution < 1.29 is 23.1 Å². The van der Waals surface area contributed by atoms with Crippen LogP contribution in [0.25, 0.3) is 0 Å². The molecular weight excluding hydrogens is 220 g/mol. The standard InChI is InChI=1S/C9H16O5S/c1-7(4-9(10)11)15(12,13)6-8-2-3-14-5-8/h7-8H,2-6H2,1H3,(H,10,11). The van der Waals surface area contributed by atoms with Crippen molar-refractivity contribution in [3.63, 3.8) is 0 Å². The lowest BCUT2D eigenvalue weighted by Gasteiger charge is -2.13. The van der Waals surface area contributed by atoms with Gasteiger partial charge in [-0.2, -0.15) is 0 Å². The summed E-state index contributed by atoms with van der Waals surface area (Å²) in [6.45, 7) is 2.52. The Bertz CT molecular complexity index is 315. The molecule has 0 aromatic heterocycles. The quantitative estimate of drug-likeness (QED) is 0.742. The summed E-state index contributed by atoms with van der Waals surface area (Å²) in [5.74, 6) is -0.999. The lowest BCUT2D eigenvalue weighted by Crippen LogP contribution is -2.27. The zero-order valence-corrected chi connectivity index (χ0v) is 9.50. The second-order valence-electron chi connectivity index (χ2n) is 3.97. The Morgan fingerprint density at radius 1 is 1.60 bits per heavy atom. The predicted octanol–water partition coefficient (Wildman–Crippen LogP) is 0.301. The van der Waals surface area contributed by atoms with Crippen LogP contribution >= 0.6 is 0 Å². The van der Waals surface area contributed by atoms with Crippen LogP contribution in [-0.2, 0) is 19.4 Å². The fraction of sp³-hybridized carbons (Fsp3) is 0.889. The molecule has 0 aromatic rings. The Labute approximate surface area is 89.3 Å². The molecule has 5 nitrogen and oxygen atoms in total. The third-order valence-corrected chi connectivity index (χ3v) is 4.90. The van der Waals surface area contributed by atoms with Crippen molar-refractivity contribution in [1.29, 1.82) is 0 Å². The van der Waals surface area contributed by atoms with Crippen LogP contribution in [0.3, 0.4) is 0 Å². The smallest absolute Gasteiger partial charge is 0.304 e. The van der Waals surface area contributed by atoms with Gasteiger partial charge in [0.2, 0.25) is 0 Å². The van der Waals surface area contributed by atoms with Crippen molar-refractivity contribution in [1.82, 2.24) is 0 Å². The maximum atomic E-state index is 11.7. The summed E-state index contributed by atoms with van der Waals surface area (Å²) in [5, 5.41) is 7.71. The van der Waals surface area contributed by atoms with E-state index in [1.807, 2.05) is 0 Å². The molecule has 0 aromatic carbocycles. The average molecular weight is 236 g/mol. The molecule has 1 fully saturated rings. The van der Waals surface area contributed by atoms with Gasteiger partial charge in [-0.05, 0) is 19.3 Å². The van der Waals surface area contributed by atoms with Crippen molar-refractivity contribution in [2.45, 2.75) is 25.0 Å². The van der Waals surface area contributed by atoms with Gasteiger partial charge in [-0.15, -0.1) is 0 Å². The molecule has 1 aliphatic rings. The van der Waals surface area contributed by atoms with Gasteiger partial charge in [-0.3, -0.25) is 4.79 Å². The molecule has 0 bridgehead atoms. The molecule has 15 heavy (non-hydrogen) atoms. The molecule has 88 valence electrons. The van der Waals surface area contributed by atoms with E-state index in [1.54, 1.807) is 0 Å². The van der Waals surface area contributed by atoms with E-state index >= 15 is 0 Å². The maximum absolute atomic E-state index is 11.7. The number of ether oxygens (including phenoxy) is 1. The van der Waals surface area contributed by atoms with Gasteiger partial charge >= 0.3 is 5.97 Å². The van der Waals surface area contributed by atoms with E-state index in [4.69, 9.17) is 9.84 Å². The molecule has 0 aliphatic carbocycles. The molecule has 1 heterocycles. The van der Waals surface area contributed by atoms with E-state index in [-0.39, 0.29) is 18.1 Å². The zero-order chi connectivity index (χ0) is 11.5. The lowest BCUT2D eigenvalue weighted by atomic mass is 10.2. The van der Waals surface area contributed by atoms with Gasteiger partial charge in [-0.25, -0.2) is 8.42 Å². The Morgan fingerprint density at radius 2 is 2.27 bits per heavy atom. The van der Waals surface area contributed by atoms with Gasteiger partial charge in [0.15, 0.2) is 9.84 Å². The Balaban J connectivity index is 2.53. The minimum Gasteiger partial charge on any atom is -0.481 e. The fourth-order valence-corrected chi connectivity index (χ4v) is 3.23. The Hall–Kier alpha value is -0.620. The molecule has 1 N–H and O–H groups in total. The molecule has 1 rings (SSSR count). The third kappa shape index (κ3) is 3.79. The summed E-state index contributed by atoms with van der Waals surface area (Å²) in [5.41, 5.74) is 0. The van der Waals surface area contributed by atoms with Crippen molar-refractivity contribution >= 4 is 15.8 Å². The van der Waals surface area contributed by atoms with Crippen LogP contribution in [0.4, 0.5) is 0 Å². The number of hydrogen-bond donors (Lipinski definition) is 1. The van der Waals surface area contributed by atoms with E-state index in [2.05, 4.69) is 0 Å². The van der Waals surface area contributed by atoms with Gasteiger partial charge in [0, 0.05) is 6.61 Å². The van der Waals surface area contributed by atoms with Crippen molar-refractivity contribution in [2.24, 2.45) is 5.92 Å². The van der Waals surface area contributed by atoms with Gasteiger partial charge in [0.1, 0.15) is 0 Å². The lowest BCUT2D eigenvalue weighted by molar-refractivity contribution is -0.136. The number of carboxylic acid groups (broad SMARTS) is 1. The Kier molecular flexibility index (Phi) is 4.10. The van der Waals surface area contributed by atoms with Gasteiger partial charge in [0.25, 0.3) is 0 Å². The van der Waals surface area contributed by atoms with Crippen LogP contribution < -0.4 is 0 Å². The molecule has 0 saturated carbocycles. The van der Waals surface area contributed by atoms with E-state index < -0.39 is 21.1 Å². The fourth-order valence-electron chi connectivity index (χ4n) is 1.58. The summed E-state index contributed by atoms with van der Waals surface area (Å²) >= 11 is 0. The first-order valence-electron chi connectivity index (χ1n) is 4.93. The van der Waals surface area contributed by atoms with Crippen LogP contribution in [0.5, 0.6) is 0 Å². The molecular formula is C9H16O5S.